The minimum Gasteiger partial charge on any atom is -0.355 e. The average molecular weight is 368 g/mol. The maximum absolute atomic E-state index is 13.7. The lowest BCUT2D eigenvalue weighted by Crippen LogP contribution is -2.14. The van der Waals surface area contributed by atoms with Crippen LogP contribution in [-0.4, -0.2) is 11.1 Å². The Balaban J connectivity index is 1.83. The summed E-state index contributed by atoms with van der Waals surface area (Å²) in [4.78, 5) is 12.1. The molecule has 1 aromatic heterocycles. The Morgan fingerprint density at radius 2 is 1.73 bits per heavy atom. The molecule has 4 nitrogen and oxygen atoms in total. The lowest BCUT2D eigenvalue weighted by molar-refractivity contribution is -0.139. The standard InChI is InChI=1S/C17H9F5N2O2/c18-12-4-2-1-3-10(12)15-8-14(24-26-15)16(25)23-9-5-6-13(19)11(7-9)17(20,21)22/h1-8H,(H,23,25). The highest BCUT2D eigenvalue weighted by Crippen LogP contribution is 2.33. The predicted octanol–water partition coefficient (Wildman–Crippen LogP) is 4.89. The van der Waals surface area contributed by atoms with Gasteiger partial charge in [-0.2, -0.15) is 13.2 Å². The van der Waals surface area contributed by atoms with Crippen molar-refractivity contribution in [2.45, 2.75) is 6.18 Å². The van der Waals surface area contributed by atoms with Gasteiger partial charge in [-0.1, -0.05) is 17.3 Å². The van der Waals surface area contributed by atoms with Crippen LogP contribution in [0.25, 0.3) is 11.3 Å². The number of carbonyl (C=O) groups excluding carboxylic acids is 1. The fraction of sp³-hybridized carbons (Fsp3) is 0.0588. The molecule has 1 amide bonds. The zero-order chi connectivity index (χ0) is 18.9. The number of nitrogens with zero attached hydrogens (tertiary/aromatic N) is 1. The molecular weight excluding hydrogens is 359 g/mol. The average Bonchev–Trinajstić information content (AvgIpc) is 3.06. The van der Waals surface area contributed by atoms with Gasteiger partial charge in [-0.05, 0) is 30.3 Å². The number of halogens is 5. The molecule has 0 spiro atoms. The summed E-state index contributed by atoms with van der Waals surface area (Å²) in [6, 6.07) is 8.79. The molecule has 0 saturated heterocycles. The monoisotopic (exact) mass is 368 g/mol. The first-order chi connectivity index (χ1) is 12.3. The predicted molar refractivity (Wildman–Crippen MR) is 81.3 cm³/mol. The van der Waals surface area contributed by atoms with Gasteiger partial charge in [-0.25, -0.2) is 8.78 Å². The molecule has 0 bridgehead atoms. The maximum Gasteiger partial charge on any atom is 0.419 e. The van der Waals surface area contributed by atoms with E-state index in [1.807, 2.05) is 0 Å². The SMILES string of the molecule is O=C(Nc1ccc(F)c(C(F)(F)F)c1)c1cc(-c2ccccc2F)on1. The first kappa shape index (κ1) is 17.6. The van der Waals surface area contributed by atoms with Crippen molar-refractivity contribution in [1.29, 1.82) is 0 Å². The van der Waals surface area contributed by atoms with Crippen LogP contribution in [0.3, 0.4) is 0 Å². The first-order valence-corrected chi connectivity index (χ1v) is 7.15. The number of carbonyl (C=O) groups is 1. The molecule has 9 heteroatoms. The molecular formula is C17H9F5N2O2. The molecule has 134 valence electrons. The number of aromatic nitrogens is 1. The van der Waals surface area contributed by atoms with Crippen LogP contribution in [0.2, 0.25) is 0 Å². The number of rotatable bonds is 3. The summed E-state index contributed by atoms with van der Waals surface area (Å²) < 4.78 is 70.0. The first-order valence-electron chi connectivity index (χ1n) is 7.15. The van der Waals surface area contributed by atoms with Gasteiger partial charge in [0.15, 0.2) is 11.5 Å². The third-order valence-corrected chi connectivity index (χ3v) is 3.41. The van der Waals surface area contributed by atoms with Crippen LogP contribution in [0.15, 0.2) is 53.1 Å². The zero-order valence-corrected chi connectivity index (χ0v) is 12.8. The number of amides is 1. The van der Waals surface area contributed by atoms with Crippen LogP contribution in [0.1, 0.15) is 16.1 Å². The second-order valence-corrected chi connectivity index (χ2v) is 5.20. The highest BCUT2D eigenvalue weighted by atomic mass is 19.4. The Morgan fingerprint density at radius 3 is 2.42 bits per heavy atom. The molecule has 0 aliphatic carbocycles. The number of alkyl halides is 3. The summed E-state index contributed by atoms with van der Waals surface area (Å²) in [7, 11) is 0. The van der Waals surface area contributed by atoms with Gasteiger partial charge in [0.25, 0.3) is 5.91 Å². The molecule has 0 aliphatic heterocycles. The van der Waals surface area contributed by atoms with Crippen molar-refractivity contribution in [2.24, 2.45) is 0 Å². The summed E-state index contributed by atoms with van der Waals surface area (Å²) in [5.74, 6) is -2.97. The minimum absolute atomic E-state index is 0.0247. The van der Waals surface area contributed by atoms with E-state index in [4.69, 9.17) is 4.52 Å². The zero-order valence-electron chi connectivity index (χ0n) is 12.8. The Kier molecular flexibility index (Phi) is 4.45. The lowest BCUT2D eigenvalue weighted by atomic mass is 10.1. The summed E-state index contributed by atoms with van der Waals surface area (Å²) in [5.41, 5.74) is -2.00. The van der Waals surface area contributed by atoms with Gasteiger partial charge < -0.3 is 9.84 Å². The summed E-state index contributed by atoms with van der Waals surface area (Å²) in [6.07, 6.45) is -4.91. The summed E-state index contributed by atoms with van der Waals surface area (Å²) in [6.45, 7) is 0. The molecule has 0 saturated carbocycles. The van der Waals surface area contributed by atoms with Gasteiger partial charge in [0.05, 0.1) is 11.1 Å². The Bertz CT molecular complexity index is 966. The van der Waals surface area contributed by atoms with Gasteiger partial charge >= 0.3 is 6.18 Å². The number of hydrogen-bond acceptors (Lipinski definition) is 3. The minimum atomic E-state index is -4.91. The number of anilines is 1. The van der Waals surface area contributed by atoms with Gasteiger partial charge in [-0.3, -0.25) is 4.79 Å². The Hall–Kier alpha value is -3.23. The van der Waals surface area contributed by atoms with E-state index in [-0.39, 0.29) is 22.7 Å². The van der Waals surface area contributed by atoms with Crippen molar-refractivity contribution in [1.82, 2.24) is 5.16 Å². The molecule has 1 N–H and O–H groups in total. The van der Waals surface area contributed by atoms with Gasteiger partial charge in [0.1, 0.15) is 11.6 Å². The molecule has 1 heterocycles. The largest absolute Gasteiger partial charge is 0.419 e. The van der Waals surface area contributed by atoms with Crippen molar-refractivity contribution in [3.8, 4) is 11.3 Å². The van der Waals surface area contributed by atoms with Crippen molar-refractivity contribution in [3.63, 3.8) is 0 Å². The summed E-state index contributed by atoms with van der Waals surface area (Å²) in [5, 5.41) is 5.62. The molecule has 0 atom stereocenters. The van der Waals surface area contributed by atoms with Crippen LogP contribution in [-0.2, 0) is 6.18 Å². The maximum atomic E-state index is 13.7. The molecule has 26 heavy (non-hydrogen) atoms. The van der Waals surface area contributed by atoms with Crippen LogP contribution < -0.4 is 5.32 Å². The van der Waals surface area contributed by atoms with E-state index in [1.54, 1.807) is 6.07 Å². The van der Waals surface area contributed by atoms with E-state index in [2.05, 4.69) is 10.5 Å². The second-order valence-electron chi connectivity index (χ2n) is 5.20. The van der Waals surface area contributed by atoms with E-state index in [1.165, 1.54) is 18.2 Å². The van der Waals surface area contributed by atoms with Gasteiger partial charge in [-0.15, -0.1) is 0 Å². The molecule has 3 aromatic rings. The van der Waals surface area contributed by atoms with E-state index in [0.717, 1.165) is 12.1 Å². The lowest BCUT2D eigenvalue weighted by Gasteiger charge is -2.10. The van der Waals surface area contributed by atoms with Crippen LogP contribution in [0.5, 0.6) is 0 Å². The normalized spacial score (nSPS) is 11.4. The van der Waals surface area contributed by atoms with Crippen LogP contribution in [0.4, 0.5) is 27.6 Å². The third-order valence-electron chi connectivity index (χ3n) is 3.41. The van der Waals surface area contributed by atoms with E-state index in [9.17, 15) is 26.7 Å². The van der Waals surface area contributed by atoms with Gasteiger partial charge in [0.2, 0.25) is 0 Å². The van der Waals surface area contributed by atoms with Crippen molar-refractivity contribution >= 4 is 11.6 Å². The van der Waals surface area contributed by atoms with Crippen LogP contribution in [0, 0.1) is 11.6 Å². The van der Waals surface area contributed by atoms with Crippen LogP contribution >= 0.6 is 0 Å². The highest BCUT2D eigenvalue weighted by molar-refractivity contribution is 6.03. The Morgan fingerprint density at radius 1 is 1.00 bits per heavy atom. The molecule has 0 unspecified atom stereocenters. The highest BCUT2D eigenvalue weighted by Gasteiger charge is 2.34. The van der Waals surface area contributed by atoms with Crippen molar-refractivity contribution in [3.05, 3.63) is 71.4 Å². The molecule has 2 aromatic carbocycles. The third kappa shape index (κ3) is 3.56. The fourth-order valence-corrected chi connectivity index (χ4v) is 2.19. The number of benzene rings is 2. The van der Waals surface area contributed by atoms with E-state index < -0.39 is 29.3 Å². The second kappa shape index (κ2) is 6.58. The van der Waals surface area contributed by atoms with Gasteiger partial charge in [0, 0.05) is 11.8 Å². The Labute approximate surface area is 143 Å². The number of hydrogen-bond donors (Lipinski definition) is 1. The van der Waals surface area contributed by atoms with Crippen molar-refractivity contribution in [2.75, 3.05) is 5.32 Å². The smallest absolute Gasteiger partial charge is 0.355 e. The van der Waals surface area contributed by atoms with E-state index >= 15 is 0 Å². The quantitative estimate of drug-likeness (QED) is 0.670. The topological polar surface area (TPSA) is 55.1 Å². The molecule has 0 fully saturated rings. The molecule has 3 rings (SSSR count). The molecule has 0 aliphatic rings. The molecule has 0 radical (unpaired) electrons. The van der Waals surface area contributed by atoms with E-state index in [0.29, 0.717) is 12.1 Å². The fourth-order valence-electron chi connectivity index (χ4n) is 2.19. The van der Waals surface area contributed by atoms with Crippen molar-refractivity contribution < 1.29 is 31.3 Å². The number of nitrogens with one attached hydrogen (secondary N) is 1. The summed E-state index contributed by atoms with van der Waals surface area (Å²) >= 11 is 0.